The molecule has 4 rings (SSSR count). The van der Waals surface area contributed by atoms with E-state index >= 15 is 0 Å². The predicted octanol–water partition coefficient (Wildman–Crippen LogP) is 2.03. The number of aliphatic hydroxyl groups is 1. The summed E-state index contributed by atoms with van der Waals surface area (Å²) in [6, 6.07) is 11.0. The monoisotopic (exact) mass is 425 g/mol. The van der Waals surface area contributed by atoms with Gasteiger partial charge in [-0.3, -0.25) is 14.5 Å². The number of hydrogen-bond acceptors (Lipinski definition) is 5. The molecule has 1 fully saturated rings. The lowest BCUT2D eigenvalue weighted by Gasteiger charge is -2.37. The van der Waals surface area contributed by atoms with Crippen LogP contribution < -0.4 is 15.6 Å². The number of benzene rings is 1. The Balaban J connectivity index is 1.80. The molecule has 31 heavy (non-hydrogen) atoms. The van der Waals surface area contributed by atoms with Crippen molar-refractivity contribution in [1.29, 1.82) is 0 Å². The number of nitrogens with zero attached hydrogens (tertiary/aromatic N) is 2. The van der Waals surface area contributed by atoms with E-state index in [2.05, 4.69) is 17.1 Å². The third-order valence-electron chi connectivity index (χ3n) is 6.77. The maximum atomic E-state index is 13.5. The van der Waals surface area contributed by atoms with Crippen LogP contribution in [0, 0.1) is 11.8 Å². The smallest absolute Gasteiger partial charge is 0.258 e. The fourth-order valence-corrected chi connectivity index (χ4v) is 5.33. The first-order valence-electron chi connectivity index (χ1n) is 11.1. The molecule has 3 heterocycles. The van der Waals surface area contributed by atoms with Crippen LogP contribution in [-0.4, -0.2) is 53.3 Å². The van der Waals surface area contributed by atoms with E-state index in [0.29, 0.717) is 24.4 Å². The Hall–Kier alpha value is -2.64. The number of hydrogen-bond donors (Lipinski definition) is 2. The van der Waals surface area contributed by atoms with Crippen molar-refractivity contribution in [3.05, 3.63) is 52.4 Å². The molecule has 4 atom stereocenters. The number of methoxy groups -OCH3 is 1. The molecule has 2 bridgehead atoms. The number of nitrogens with one attached hydrogen (secondary N) is 1. The molecular formula is C24H31N3O4. The summed E-state index contributed by atoms with van der Waals surface area (Å²) in [5.41, 5.74) is 2.20. The standard InChI is InChI=1S/C24H31N3O4/c1-4-11-25-23(29)21-18(14-28)20-13-27-19(22(21)26(20)5-2)10-9-17(24(27)30)15-7-6-8-16(12-15)31-3/h6-10,12,18,20-22,28H,4-5,11,13-14H2,1-3H3,(H,25,29)/t18-,20-,21+,22+/m1/s1. The van der Waals surface area contributed by atoms with Crippen molar-refractivity contribution >= 4 is 5.91 Å². The van der Waals surface area contributed by atoms with Gasteiger partial charge in [0.25, 0.3) is 5.56 Å². The maximum absolute atomic E-state index is 13.5. The normalized spacial score (nSPS) is 24.6. The molecule has 1 saturated heterocycles. The maximum Gasteiger partial charge on any atom is 0.258 e. The molecule has 7 heteroatoms. The summed E-state index contributed by atoms with van der Waals surface area (Å²) in [7, 11) is 1.61. The van der Waals surface area contributed by atoms with Crippen LogP contribution in [0.15, 0.2) is 41.2 Å². The van der Waals surface area contributed by atoms with Crippen molar-refractivity contribution in [2.24, 2.45) is 11.8 Å². The zero-order chi connectivity index (χ0) is 22.1. The average molecular weight is 426 g/mol. The van der Waals surface area contributed by atoms with Gasteiger partial charge in [0.2, 0.25) is 5.91 Å². The van der Waals surface area contributed by atoms with Gasteiger partial charge in [-0.2, -0.15) is 0 Å². The number of pyridine rings is 1. The van der Waals surface area contributed by atoms with E-state index in [1.165, 1.54) is 0 Å². The largest absolute Gasteiger partial charge is 0.497 e. The molecule has 1 aromatic carbocycles. The van der Waals surface area contributed by atoms with E-state index in [1.54, 1.807) is 7.11 Å². The molecule has 1 aromatic heterocycles. The van der Waals surface area contributed by atoms with Gasteiger partial charge in [-0.05, 0) is 42.8 Å². The van der Waals surface area contributed by atoms with Gasteiger partial charge in [0.05, 0.1) is 19.1 Å². The fourth-order valence-electron chi connectivity index (χ4n) is 5.33. The molecule has 0 unspecified atom stereocenters. The highest BCUT2D eigenvalue weighted by Gasteiger charge is 2.55. The van der Waals surface area contributed by atoms with Crippen molar-refractivity contribution in [2.75, 3.05) is 26.8 Å². The second-order valence-electron chi connectivity index (χ2n) is 8.33. The molecule has 0 saturated carbocycles. The summed E-state index contributed by atoms with van der Waals surface area (Å²) in [6.45, 7) is 5.85. The van der Waals surface area contributed by atoms with Gasteiger partial charge in [-0.1, -0.05) is 26.0 Å². The fraction of sp³-hybridized carbons (Fsp3) is 0.500. The molecule has 0 aliphatic carbocycles. The summed E-state index contributed by atoms with van der Waals surface area (Å²) in [6.07, 6.45) is 0.855. The van der Waals surface area contributed by atoms with Gasteiger partial charge in [-0.15, -0.1) is 0 Å². The second kappa shape index (κ2) is 8.85. The first-order valence-corrected chi connectivity index (χ1v) is 11.1. The lowest BCUT2D eigenvalue weighted by atomic mass is 9.86. The number of ether oxygens (including phenoxy) is 1. The van der Waals surface area contributed by atoms with E-state index in [0.717, 1.165) is 24.2 Å². The summed E-state index contributed by atoms with van der Waals surface area (Å²) < 4.78 is 7.13. The topological polar surface area (TPSA) is 83.8 Å². The predicted molar refractivity (Wildman–Crippen MR) is 119 cm³/mol. The molecule has 1 amide bonds. The molecule has 0 radical (unpaired) electrons. The second-order valence-corrected chi connectivity index (χ2v) is 8.33. The molecule has 7 nitrogen and oxygen atoms in total. The minimum atomic E-state index is -0.377. The quantitative estimate of drug-likeness (QED) is 0.709. The molecule has 0 spiro atoms. The first-order chi connectivity index (χ1) is 15.0. The van der Waals surface area contributed by atoms with Crippen molar-refractivity contribution in [2.45, 2.75) is 38.9 Å². The first kappa shape index (κ1) is 21.6. The highest BCUT2D eigenvalue weighted by molar-refractivity contribution is 5.80. The summed E-state index contributed by atoms with van der Waals surface area (Å²) >= 11 is 0. The van der Waals surface area contributed by atoms with Crippen LogP contribution in [0.1, 0.15) is 32.0 Å². The molecule has 2 N–H and O–H groups in total. The number of rotatable bonds is 7. The Morgan fingerprint density at radius 3 is 2.74 bits per heavy atom. The molecule has 166 valence electrons. The SMILES string of the molecule is CCCNC(=O)[C@H]1[C@H](CO)[C@H]2Cn3c(ccc(-c4cccc(OC)c4)c3=O)[C@@H]1N2CC. The van der Waals surface area contributed by atoms with E-state index in [9.17, 15) is 14.7 Å². The Morgan fingerprint density at radius 2 is 2.06 bits per heavy atom. The Bertz CT molecular complexity index is 1020. The molecule has 2 aliphatic rings. The average Bonchev–Trinajstić information content (AvgIpc) is 3.03. The third-order valence-corrected chi connectivity index (χ3v) is 6.77. The van der Waals surface area contributed by atoms with Gasteiger partial charge in [0, 0.05) is 42.9 Å². The van der Waals surface area contributed by atoms with E-state index in [4.69, 9.17) is 4.74 Å². The van der Waals surface area contributed by atoms with Crippen LogP contribution in [0.2, 0.25) is 0 Å². The molecular weight excluding hydrogens is 394 g/mol. The summed E-state index contributed by atoms with van der Waals surface area (Å²) in [4.78, 5) is 28.9. The molecule has 2 aromatic rings. The zero-order valence-electron chi connectivity index (χ0n) is 18.4. The minimum absolute atomic E-state index is 0.0374. The van der Waals surface area contributed by atoms with Crippen LogP contribution in [-0.2, 0) is 11.3 Å². The number of likely N-dealkylation sites (N-methyl/N-ethyl adjacent to an activating group) is 1. The Morgan fingerprint density at radius 1 is 1.26 bits per heavy atom. The van der Waals surface area contributed by atoms with Gasteiger partial charge in [0.1, 0.15) is 5.75 Å². The lowest BCUT2D eigenvalue weighted by molar-refractivity contribution is -0.127. The van der Waals surface area contributed by atoms with Crippen LogP contribution in [0.5, 0.6) is 5.75 Å². The van der Waals surface area contributed by atoms with Crippen molar-refractivity contribution < 1.29 is 14.6 Å². The third kappa shape index (κ3) is 3.55. The van der Waals surface area contributed by atoms with Gasteiger partial charge in [0.15, 0.2) is 0 Å². The van der Waals surface area contributed by atoms with Crippen LogP contribution in [0.25, 0.3) is 11.1 Å². The Kier molecular flexibility index (Phi) is 6.16. The van der Waals surface area contributed by atoms with Gasteiger partial charge >= 0.3 is 0 Å². The van der Waals surface area contributed by atoms with Crippen LogP contribution >= 0.6 is 0 Å². The van der Waals surface area contributed by atoms with Crippen molar-refractivity contribution in [3.63, 3.8) is 0 Å². The van der Waals surface area contributed by atoms with E-state index in [1.807, 2.05) is 47.9 Å². The summed E-state index contributed by atoms with van der Waals surface area (Å²) in [5.74, 6) is 0.0770. The highest BCUT2D eigenvalue weighted by atomic mass is 16.5. The number of aromatic nitrogens is 1. The molecule has 2 aliphatic heterocycles. The minimum Gasteiger partial charge on any atom is -0.497 e. The van der Waals surface area contributed by atoms with E-state index < -0.39 is 0 Å². The number of aliphatic hydroxyl groups excluding tert-OH is 1. The van der Waals surface area contributed by atoms with Crippen molar-refractivity contribution in [3.8, 4) is 16.9 Å². The van der Waals surface area contributed by atoms with Gasteiger partial charge in [-0.25, -0.2) is 0 Å². The number of fused-ring (bicyclic) bond motifs is 4. The lowest BCUT2D eigenvalue weighted by Crippen LogP contribution is -2.46. The number of carbonyl (C=O) groups is 1. The van der Waals surface area contributed by atoms with Crippen molar-refractivity contribution in [1.82, 2.24) is 14.8 Å². The highest BCUT2D eigenvalue weighted by Crippen LogP contribution is 2.48. The Labute approximate surface area is 182 Å². The number of amides is 1. The van der Waals surface area contributed by atoms with Crippen LogP contribution in [0.3, 0.4) is 0 Å². The van der Waals surface area contributed by atoms with E-state index in [-0.39, 0.29) is 42.0 Å². The zero-order valence-corrected chi connectivity index (χ0v) is 18.4. The van der Waals surface area contributed by atoms with Gasteiger partial charge < -0.3 is 19.7 Å². The van der Waals surface area contributed by atoms with Crippen LogP contribution in [0.4, 0.5) is 0 Å². The summed E-state index contributed by atoms with van der Waals surface area (Å²) in [5, 5.41) is 13.2. The number of carbonyl (C=O) groups excluding carboxylic acids is 1.